The van der Waals surface area contributed by atoms with Crippen molar-refractivity contribution in [1.29, 1.82) is 0 Å². The van der Waals surface area contributed by atoms with Crippen molar-refractivity contribution in [2.75, 3.05) is 25.1 Å². The second kappa shape index (κ2) is 5.70. The van der Waals surface area contributed by atoms with E-state index in [1.54, 1.807) is 0 Å². The molecule has 3 nitrogen and oxygen atoms in total. The highest BCUT2D eigenvalue weighted by Gasteiger charge is 2.70. The van der Waals surface area contributed by atoms with E-state index in [4.69, 9.17) is 0 Å². The minimum Gasteiger partial charge on any atom is -0.387 e. The molecule has 5 atom stereocenters. The number of hydrogen-bond donors (Lipinski definition) is 1. The zero-order chi connectivity index (χ0) is 16.1. The molecular weight excluding hydrogens is 294 g/mol. The molecule has 2 saturated carbocycles. The molecule has 0 aromatic rings. The average molecular weight is 327 g/mol. The van der Waals surface area contributed by atoms with Crippen LogP contribution in [0.2, 0.25) is 0 Å². The molecule has 4 heteroatoms. The van der Waals surface area contributed by atoms with Crippen molar-refractivity contribution in [3.63, 3.8) is 0 Å². The number of aliphatic hydroxyl groups is 1. The van der Waals surface area contributed by atoms with Gasteiger partial charge in [0.05, 0.1) is 6.26 Å². The Morgan fingerprint density at radius 1 is 1.23 bits per heavy atom. The molecule has 0 aromatic carbocycles. The largest absolute Gasteiger partial charge is 0.387 e. The molecule has 1 N–H and O–H groups in total. The van der Waals surface area contributed by atoms with E-state index in [9.17, 15) is 9.90 Å². The Bertz CT molecular complexity index is 446. The topological polar surface area (TPSA) is 40.5 Å². The van der Waals surface area contributed by atoms with Crippen LogP contribution in [0.15, 0.2) is 0 Å². The maximum atomic E-state index is 12.6. The first-order chi connectivity index (χ1) is 10.3. The van der Waals surface area contributed by atoms with Gasteiger partial charge in [0.1, 0.15) is 11.4 Å². The summed E-state index contributed by atoms with van der Waals surface area (Å²) in [6.07, 6.45) is 7.92. The van der Waals surface area contributed by atoms with Gasteiger partial charge in [-0.25, -0.2) is 0 Å². The van der Waals surface area contributed by atoms with Crippen LogP contribution in [0.4, 0.5) is 0 Å². The summed E-state index contributed by atoms with van der Waals surface area (Å²) < 4.78 is 0. The third kappa shape index (κ3) is 2.32. The van der Waals surface area contributed by atoms with Gasteiger partial charge >= 0.3 is 0 Å². The molecule has 0 radical (unpaired) electrons. The van der Waals surface area contributed by atoms with Gasteiger partial charge in [0.15, 0.2) is 5.75 Å². The van der Waals surface area contributed by atoms with Gasteiger partial charge in [0.25, 0.3) is 5.91 Å². The van der Waals surface area contributed by atoms with Gasteiger partial charge in [0.2, 0.25) is 0 Å². The number of likely N-dealkylation sites (tertiary alicyclic amines) is 1. The predicted molar refractivity (Wildman–Crippen MR) is 93.0 cm³/mol. The lowest BCUT2D eigenvalue weighted by Crippen LogP contribution is -2.47. The van der Waals surface area contributed by atoms with Gasteiger partial charge in [-0.1, -0.05) is 20.8 Å². The lowest BCUT2D eigenvalue weighted by atomic mass is 9.70. The molecule has 2 bridgehead atoms. The molecule has 1 saturated heterocycles. The van der Waals surface area contributed by atoms with Crippen LogP contribution in [0.1, 0.15) is 52.9 Å². The summed E-state index contributed by atoms with van der Waals surface area (Å²) in [5.74, 6) is 1.54. The first kappa shape index (κ1) is 16.6. The number of aliphatic hydroxyl groups excluding tert-OH is 1. The smallest absolute Gasteiger partial charge is 0.272 e. The van der Waals surface area contributed by atoms with Crippen LogP contribution in [0.25, 0.3) is 0 Å². The monoisotopic (exact) mass is 326 g/mol. The van der Waals surface area contributed by atoms with Crippen molar-refractivity contribution in [3.05, 3.63) is 0 Å². The van der Waals surface area contributed by atoms with Crippen molar-refractivity contribution in [2.45, 2.75) is 64.2 Å². The molecule has 0 spiro atoms. The lowest BCUT2D eigenvalue weighted by Gasteiger charge is -2.36. The fraction of sp³-hybridized carbons (Fsp3) is 0.944. The summed E-state index contributed by atoms with van der Waals surface area (Å²) in [5.41, 5.74) is 0.240. The van der Waals surface area contributed by atoms with Crippen LogP contribution in [-0.4, -0.2) is 52.4 Å². The van der Waals surface area contributed by atoms with Gasteiger partial charge in [-0.3, -0.25) is 4.79 Å². The number of nitrogens with zero attached hydrogens (tertiary/aromatic N) is 1. The molecular formula is C18H32NO2S+. The van der Waals surface area contributed by atoms with E-state index >= 15 is 0 Å². The van der Waals surface area contributed by atoms with Crippen LogP contribution in [0.3, 0.4) is 0 Å². The van der Waals surface area contributed by atoms with Crippen LogP contribution in [0, 0.1) is 16.7 Å². The summed E-state index contributed by atoms with van der Waals surface area (Å²) in [7, 11) is -0.0205. The maximum Gasteiger partial charge on any atom is 0.272 e. The molecule has 2 aliphatic carbocycles. The van der Waals surface area contributed by atoms with Gasteiger partial charge in [-0.2, -0.15) is 0 Å². The van der Waals surface area contributed by atoms with E-state index in [-0.39, 0.29) is 27.8 Å². The second-order valence-corrected chi connectivity index (χ2v) is 10.7. The first-order valence-electron chi connectivity index (χ1n) is 8.86. The third-order valence-electron chi connectivity index (χ3n) is 7.26. The molecule has 126 valence electrons. The Morgan fingerprint density at radius 2 is 1.86 bits per heavy atom. The van der Waals surface area contributed by atoms with E-state index in [0.29, 0.717) is 22.8 Å². The van der Waals surface area contributed by atoms with Crippen molar-refractivity contribution >= 4 is 16.8 Å². The van der Waals surface area contributed by atoms with Crippen molar-refractivity contribution in [3.8, 4) is 0 Å². The summed E-state index contributed by atoms with van der Waals surface area (Å²) in [6, 6.07) is 0. The van der Waals surface area contributed by atoms with Crippen LogP contribution in [0.5, 0.6) is 0 Å². The zero-order valence-corrected chi connectivity index (χ0v) is 15.4. The Labute approximate surface area is 138 Å². The van der Waals surface area contributed by atoms with Crippen molar-refractivity contribution in [2.24, 2.45) is 16.7 Å². The number of amides is 1. The Kier molecular flexibility index (Phi) is 4.31. The molecule has 1 amide bonds. The Morgan fingerprint density at radius 3 is 2.41 bits per heavy atom. The number of piperidine rings is 1. The summed E-state index contributed by atoms with van der Waals surface area (Å²) >= 11 is 0. The summed E-state index contributed by atoms with van der Waals surface area (Å²) in [5, 5.41) is 11.3. The van der Waals surface area contributed by atoms with Crippen LogP contribution < -0.4 is 0 Å². The highest BCUT2D eigenvalue weighted by atomic mass is 32.2. The molecule has 1 aliphatic heterocycles. The molecule has 3 fully saturated rings. The van der Waals surface area contributed by atoms with Gasteiger partial charge in [-0.15, -0.1) is 0 Å². The van der Waals surface area contributed by atoms with E-state index in [1.807, 2.05) is 0 Å². The van der Waals surface area contributed by atoms with Crippen LogP contribution in [-0.2, 0) is 15.7 Å². The highest BCUT2D eigenvalue weighted by molar-refractivity contribution is 7.97. The molecule has 1 unspecified atom stereocenters. The molecule has 22 heavy (non-hydrogen) atoms. The second-order valence-electron chi connectivity index (χ2n) is 8.47. The molecule has 3 rings (SSSR count). The highest BCUT2D eigenvalue weighted by Crippen LogP contribution is 2.66. The van der Waals surface area contributed by atoms with E-state index < -0.39 is 0 Å². The number of carbonyl (C=O) groups is 1. The quantitative estimate of drug-likeness (QED) is 0.809. The predicted octanol–water partition coefficient (Wildman–Crippen LogP) is 2.43. The summed E-state index contributed by atoms with van der Waals surface area (Å²) in [4.78, 5) is 14.6. The zero-order valence-electron chi connectivity index (χ0n) is 14.6. The lowest BCUT2D eigenvalue weighted by molar-refractivity contribution is -0.129. The Hall–Kier alpha value is -0.220. The first-order valence-corrected chi connectivity index (χ1v) is 10.7. The van der Waals surface area contributed by atoms with Gasteiger partial charge in [-0.05, 0) is 48.4 Å². The normalized spacial score (nSPS) is 41.7. The van der Waals surface area contributed by atoms with Crippen LogP contribution >= 0.6 is 0 Å². The van der Waals surface area contributed by atoms with E-state index in [1.165, 1.54) is 12.8 Å². The SMILES string of the molecule is C[S+](CC(=O)N1CCCCC1)[C@@H]1[C@H]2CC[C@@](C)([C@@H]1O)C2(C)C. The van der Waals surface area contributed by atoms with Gasteiger partial charge in [0, 0.05) is 24.4 Å². The fourth-order valence-corrected chi connectivity index (χ4v) is 7.82. The average Bonchev–Trinajstić information content (AvgIpc) is 2.80. The van der Waals surface area contributed by atoms with E-state index in [2.05, 4.69) is 31.9 Å². The molecule has 0 aromatic heterocycles. The van der Waals surface area contributed by atoms with E-state index in [0.717, 1.165) is 32.4 Å². The molecule has 1 heterocycles. The molecule has 3 aliphatic rings. The maximum absolute atomic E-state index is 12.6. The summed E-state index contributed by atoms with van der Waals surface area (Å²) in [6.45, 7) is 8.81. The van der Waals surface area contributed by atoms with Gasteiger partial charge < -0.3 is 10.0 Å². The van der Waals surface area contributed by atoms with Crippen molar-refractivity contribution in [1.82, 2.24) is 4.90 Å². The number of fused-ring (bicyclic) bond motifs is 2. The number of carbonyl (C=O) groups excluding carboxylic acids is 1. The fourth-order valence-electron chi connectivity index (χ4n) is 5.27. The number of rotatable bonds is 3. The third-order valence-corrected chi connectivity index (χ3v) is 9.48. The Balaban J connectivity index is 1.68. The van der Waals surface area contributed by atoms with Crippen molar-refractivity contribution < 1.29 is 9.90 Å². The minimum atomic E-state index is -0.233. The standard InChI is InChI=1S/C18H32NO2S/c1-17(2)13-8-9-18(17,3)16(21)15(13)22(4)12-14(20)19-10-6-5-7-11-19/h13,15-16,21H,5-12H2,1-4H3/q+1/t13-,15-,16-,18+,22?/m1/s1. The minimum absolute atomic E-state index is 0.0205. The number of hydrogen-bond acceptors (Lipinski definition) is 2.